The van der Waals surface area contributed by atoms with Crippen molar-refractivity contribution in [1.82, 2.24) is 5.32 Å². The largest absolute Gasteiger partial charge is 0.486 e. The summed E-state index contributed by atoms with van der Waals surface area (Å²) in [5.41, 5.74) is -1.11. The molecule has 2 heterocycles. The third-order valence-corrected chi connectivity index (χ3v) is 9.29. The van der Waals surface area contributed by atoms with Crippen molar-refractivity contribution >= 4 is 17.5 Å². The van der Waals surface area contributed by atoms with E-state index in [2.05, 4.69) is 33.0 Å². The molecule has 2 aliphatic carbocycles. The molecular weight excluding hydrogens is 427 g/mol. The Kier molecular flexibility index (Phi) is 4.37. The van der Waals surface area contributed by atoms with Crippen molar-refractivity contribution in [2.45, 2.75) is 83.5 Å². The Bertz CT molecular complexity index is 975. The Hall–Kier alpha value is -1.43. The standard InChI is InChI=1S/C24H29ClF3NO2/c1-12-5-6-17-21(2,3)9-14(25)10-23(17)22(12,4)8-13-7-16(24(26,27)28)18-15(19(13)31-23)11-29-20(18)30/h7,12,14,17H,5-6,8-11H2,1-4H3,(H,29,30)/t12-,14?,17-,22+,23-/m0/s1. The van der Waals surface area contributed by atoms with Gasteiger partial charge in [0.15, 0.2) is 0 Å². The molecular formula is C24H29ClF3NO2. The lowest BCUT2D eigenvalue weighted by atomic mass is 9.44. The predicted molar refractivity (Wildman–Crippen MR) is 112 cm³/mol. The van der Waals surface area contributed by atoms with Crippen molar-refractivity contribution in [3.05, 3.63) is 28.3 Å². The third-order valence-electron chi connectivity index (χ3n) is 8.98. The number of hydrogen-bond donors (Lipinski definition) is 1. The lowest BCUT2D eigenvalue weighted by Gasteiger charge is -2.66. The van der Waals surface area contributed by atoms with Gasteiger partial charge in [-0.15, -0.1) is 11.6 Å². The Labute approximate surface area is 186 Å². The Balaban J connectivity index is 1.75. The van der Waals surface area contributed by atoms with E-state index in [4.69, 9.17) is 16.3 Å². The van der Waals surface area contributed by atoms with Crippen LogP contribution in [0.25, 0.3) is 0 Å². The fraction of sp³-hybridized carbons (Fsp3) is 0.708. The van der Waals surface area contributed by atoms with Gasteiger partial charge >= 0.3 is 6.18 Å². The average molecular weight is 456 g/mol. The van der Waals surface area contributed by atoms with Gasteiger partial charge in [-0.2, -0.15) is 13.2 Å². The Morgan fingerprint density at radius 1 is 1.19 bits per heavy atom. The number of ether oxygens (including phenoxy) is 1. The predicted octanol–water partition coefficient (Wildman–Crippen LogP) is 6.10. The highest BCUT2D eigenvalue weighted by Crippen LogP contribution is 2.67. The van der Waals surface area contributed by atoms with E-state index in [9.17, 15) is 18.0 Å². The van der Waals surface area contributed by atoms with Crippen LogP contribution < -0.4 is 10.1 Å². The van der Waals surface area contributed by atoms with E-state index in [1.807, 2.05) is 0 Å². The number of hydrogen-bond acceptors (Lipinski definition) is 2. The molecule has 0 bridgehead atoms. The van der Waals surface area contributed by atoms with Crippen molar-refractivity contribution in [3.63, 3.8) is 0 Å². The minimum Gasteiger partial charge on any atom is -0.486 e. The molecule has 0 aromatic heterocycles. The number of benzene rings is 1. The maximum absolute atomic E-state index is 13.9. The summed E-state index contributed by atoms with van der Waals surface area (Å²) in [6, 6.07) is 1.17. The third kappa shape index (κ3) is 2.75. The number of carbonyl (C=O) groups is 1. The molecule has 4 aliphatic rings. The fourth-order valence-corrected chi connectivity index (χ4v) is 8.00. The molecule has 5 rings (SSSR count). The van der Waals surface area contributed by atoms with Gasteiger partial charge < -0.3 is 10.1 Å². The second-order valence-electron chi connectivity index (χ2n) is 11.1. The Morgan fingerprint density at radius 3 is 2.58 bits per heavy atom. The fourth-order valence-electron chi connectivity index (χ4n) is 7.38. The molecule has 2 fully saturated rings. The summed E-state index contributed by atoms with van der Waals surface area (Å²) in [5.74, 6) is 0.358. The second kappa shape index (κ2) is 6.33. The molecule has 2 saturated carbocycles. The van der Waals surface area contributed by atoms with E-state index in [0.29, 0.717) is 29.7 Å². The molecule has 2 aliphatic heterocycles. The van der Waals surface area contributed by atoms with Gasteiger partial charge in [0, 0.05) is 35.2 Å². The molecule has 0 radical (unpaired) electrons. The lowest BCUT2D eigenvalue weighted by Crippen LogP contribution is -2.69. The molecule has 0 saturated heterocycles. The van der Waals surface area contributed by atoms with Crippen LogP contribution in [0.1, 0.15) is 80.4 Å². The highest BCUT2D eigenvalue weighted by atomic mass is 35.5. The van der Waals surface area contributed by atoms with Gasteiger partial charge in [0.25, 0.3) is 5.91 Å². The molecule has 31 heavy (non-hydrogen) atoms. The maximum atomic E-state index is 13.9. The highest BCUT2D eigenvalue weighted by molar-refractivity contribution is 6.20. The zero-order chi connectivity index (χ0) is 22.6. The van der Waals surface area contributed by atoms with Crippen LogP contribution >= 0.6 is 11.6 Å². The Morgan fingerprint density at radius 2 is 1.90 bits per heavy atom. The SMILES string of the molecule is C[C@H]1CC[C@H]2C(C)(C)CC(Cl)C[C@]23Oc2c(cc(C(F)(F)F)c4c2CNC4=O)C[C@]13C. The van der Waals surface area contributed by atoms with Gasteiger partial charge in [0.2, 0.25) is 0 Å². The molecule has 1 unspecified atom stereocenters. The number of halogens is 4. The number of amides is 1. The molecule has 1 spiro atoms. The van der Waals surface area contributed by atoms with Crippen LogP contribution in [0.15, 0.2) is 6.07 Å². The van der Waals surface area contributed by atoms with Crippen LogP contribution in [0, 0.1) is 22.7 Å². The van der Waals surface area contributed by atoms with Crippen LogP contribution in [-0.2, 0) is 19.1 Å². The van der Waals surface area contributed by atoms with Gasteiger partial charge in [0.05, 0.1) is 11.1 Å². The molecule has 1 aromatic carbocycles. The van der Waals surface area contributed by atoms with Gasteiger partial charge in [-0.05, 0) is 48.6 Å². The normalized spacial score (nSPS) is 38.3. The minimum atomic E-state index is -4.59. The van der Waals surface area contributed by atoms with Crippen molar-refractivity contribution in [3.8, 4) is 5.75 Å². The van der Waals surface area contributed by atoms with E-state index in [-0.39, 0.29) is 40.2 Å². The highest BCUT2D eigenvalue weighted by Gasteiger charge is 2.67. The average Bonchev–Trinajstić information content (AvgIpc) is 3.01. The number of alkyl halides is 4. The van der Waals surface area contributed by atoms with Gasteiger partial charge in [-0.1, -0.05) is 27.7 Å². The van der Waals surface area contributed by atoms with Crippen molar-refractivity contribution in [2.75, 3.05) is 0 Å². The first kappa shape index (κ1) is 21.4. The molecule has 1 N–H and O–H groups in total. The second-order valence-corrected chi connectivity index (χ2v) is 11.7. The van der Waals surface area contributed by atoms with E-state index in [1.165, 1.54) is 6.07 Å². The monoisotopic (exact) mass is 455 g/mol. The number of nitrogens with one attached hydrogen (secondary N) is 1. The lowest BCUT2D eigenvalue weighted by molar-refractivity contribution is -0.209. The zero-order valence-corrected chi connectivity index (χ0v) is 19.1. The summed E-state index contributed by atoms with van der Waals surface area (Å²) in [6.45, 7) is 8.93. The zero-order valence-electron chi connectivity index (χ0n) is 18.4. The van der Waals surface area contributed by atoms with Gasteiger partial charge in [0.1, 0.15) is 11.4 Å². The summed E-state index contributed by atoms with van der Waals surface area (Å²) in [5, 5.41) is 2.53. The van der Waals surface area contributed by atoms with E-state index in [0.717, 1.165) is 19.3 Å². The quantitative estimate of drug-likeness (QED) is 0.480. The first-order chi connectivity index (χ1) is 14.3. The summed E-state index contributed by atoms with van der Waals surface area (Å²) < 4.78 is 48.5. The first-order valence-corrected chi connectivity index (χ1v) is 11.6. The molecule has 1 amide bonds. The van der Waals surface area contributed by atoms with Crippen LogP contribution in [0.3, 0.4) is 0 Å². The van der Waals surface area contributed by atoms with Gasteiger partial charge in [-0.25, -0.2) is 0 Å². The summed E-state index contributed by atoms with van der Waals surface area (Å²) in [7, 11) is 0. The van der Waals surface area contributed by atoms with Crippen LogP contribution in [-0.4, -0.2) is 16.9 Å². The van der Waals surface area contributed by atoms with E-state index < -0.39 is 23.2 Å². The summed E-state index contributed by atoms with van der Waals surface area (Å²) in [6.07, 6.45) is -0.472. The summed E-state index contributed by atoms with van der Waals surface area (Å²) >= 11 is 6.80. The van der Waals surface area contributed by atoms with Crippen LogP contribution in [0.2, 0.25) is 0 Å². The minimum absolute atomic E-state index is 0.0350. The van der Waals surface area contributed by atoms with Crippen molar-refractivity contribution < 1.29 is 22.7 Å². The van der Waals surface area contributed by atoms with E-state index >= 15 is 0 Å². The van der Waals surface area contributed by atoms with E-state index in [1.54, 1.807) is 0 Å². The molecule has 1 aromatic rings. The van der Waals surface area contributed by atoms with Gasteiger partial charge in [-0.3, -0.25) is 4.79 Å². The smallest absolute Gasteiger partial charge is 0.417 e. The molecule has 3 nitrogen and oxygen atoms in total. The maximum Gasteiger partial charge on any atom is 0.417 e. The molecule has 170 valence electrons. The number of fused-ring (bicyclic) bond motifs is 3. The number of rotatable bonds is 0. The van der Waals surface area contributed by atoms with Crippen LogP contribution in [0.4, 0.5) is 13.2 Å². The van der Waals surface area contributed by atoms with Crippen LogP contribution in [0.5, 0.6) is 5.75 Å². The topological polar surface area (TPSA) is 38.3 Å². The van der Waals surface area contributed by atoms with Crippen molar-refractivity contribution in [2.24, 2.45) is 22.7 Å². The summed E-state index contributed by atoms with van der Waals surface area (Å²) in [4.78, 5) is 12.4. The first-order valence-electron chi connectivity index (χ1n) is 11.2. The molecule has 5 atom stereocenters. The number of carbonyl (C=O) groups excluding carboxylic acids is 1. The molecule has 7 heteroatoms. The van der Waals surface area contributed by atoms with Crippen molar-refractivity contribution in [1.29, 1.82) is 0 Å².